The van der Waals surface area contributed by atoms with E-state index >= 15 is 0 Å². The van der Waals surface area contributed by atoms with E-state index in [1.165, 1.54) is 0 Å². The lowest BCUT2D eigenvalue weighted by molar-refractivity contribution is -0.135. The Morgan fingerprint density at radius 1 is 1.10 bits per heavy atom. The maximum atomic E-state index is 13.6. The van der Waals surface area contributed by atoms with E-state index in [0.29, 0.717) is 0 Å². The third kappa shape index (κ3) is 8.66. The highest BCUT2D eigenvalue weighted by molar-refractivity contribution is 5.90. The van der Waals surface area contributed by atoms with Gasteiger partial charge in [-0.05, 0) is 49.9 Å². The van der Waals surface area contributed by atoms with Gasteiger partial charge in [-0.1, -0.05) is 61.7 Å². The third-order valence-corrected chi connectivity index (χ3v) is 7.36. The maximum absolute atomic E-state index is 13.6. The number of rotatable bonds is 12. The van der Waals surface area contributed by atoms with Crippen molar-refractivity contribution in [2.24, 2.45) is 11.1 Å². The Bertz CT molecular complexity index is 1120. The Labute approximate surface area is 231 Å². The molecule has 1 aliphatic carbocycles. The van der Waals surface area contributed by atoms with Crippen molar-refractivity contribution in [3.8, 4) is 0 Å². The summed E-state index contributed by atoms with van der Waals surface area (Å²) in [7, 11) is 0. The highest BCUT2D eigenvalue weighted by atomic mass is 16.6. The highest BCUT2D eigenvalue weighted by Gasteiger charge is 2.38. The molecule has 0 aliphatic heterocycles. The number of carbonyl (C=O) groups is 3. The molecule has 9 heteroatoms. The topological polar surface area (TPSA) is 134 Å². The maximum Gasteiger partial charge on any atom is 0.410 e. The fourth-order valence-corrected chi connectivity index (χ4v) is 5.03. The van der Waals surface area contributed by atoms with Gasteiger partial charge in [-0.2, -0.15) is 0 Å². The van der Waals surface area contributed by atoms with Gasteiger partial charge in [-0.3, -0.25) is 9.59 Å². The van der Waals surface area contributed by atoms with Crippen LogP contribution in [0.1, 0.15) is 58.4 Å². The number of aliphatic hydroxyl groups is 1. The van der Waals surface area contributed by atoms with Crippen LogP contribution in [0, 0.1) is 5.41 Å². The summed E-state index contributed by atoms with van der Waals surface area (Å²) in [6.45, 7) is 5.77. The summed E-state index contributed by atoms with van der Waals surface area (Å²) in [5, 5.41) is 17.6. The molecule has 9 nitrogen and oxygen atoms in total. The van der Waals surface area contributed by atoms with E-state index in [2.05, 4.69) is 10.6 Å². The van der Waals surface area contributed by atoms with Crippen molar-refractivity contribution in [3.05, 3.63) is 48.0 Å². The summed E-state index contributed by atoms with van der Waals surface area (Å²) in [5.41, 5.74) is 5.40. The van der Waals surface area contributed by atoms with E-state index in [9.17, 15) is 19.5 Å². The quantitative estimate of drug-likeness (QED) is 0.327. The zero-order chi connectivity index (χ0) is 28.4. The minimum Gasteiger partial charge on any atom is -0.450 e. The number of carbonyl (C=O) groups excluding carboxylic acids is 3. The predicted octanol–water partition coefficient (Wildman–Crippen LogP) is 3.12. The smallest absolute Gasteiger partial charge is 0.410 e. The van der Waals surface area contributed by atoms with Crippen molar-refractivity contribution in [2.45, 2.75) is 77.5 Å². The normalized spacial score (nSPS) is 15.8. The first-order valence-corrected chi connectivity index (χ1v) is 14.0. The molecule has 214 valence electrons. The molecule has 1 aliphatic rings. The van der Waals surface area contributed by atoms with Crippen LogP contribution in [0.2, 0.25) is 0 Å². The lowest BCUT2D eigenvalue weighted by atomic mass is 9.88. The summed E-state index contributed by atoms with van der Waals surface area (Å²) >= 11 is 0. The number of ether oxygens (including phenoxy) is 1. The molecule has 0 bridgehead atoms. The van der Waals surface area contributed by atoms with Crippen molar-refractivity contribution in [3.63, 3.8) is 0 Å². The zero-order valence-corrected chi connectivity index (χ0v) is 23.4. The van der Waals surface area contributed by atoms with Crippen LogP contribution in [0.15, 0.2) is 42.5 Å². The van der Waals surface area contributed by atoms with Gasteiger partial charge in [0.25, 0.3) is 0 Å². The number of hydrogen-bond acceptors (Lipinski definition) is 6. The van der Waals surface area contributed by atoms with Gasteiger partial charge in [0.2, 0.25) is 11.8 Å². The van der Waals surface area contributed by atoms with E-state index < -0.39 is 29.6 Å². The first-order chi connectivity index (χ1) is 18.6. The Morgan fingerprint density at radius 2 is 1.79 bits per heavy atom. The lowest BCUT2D eigenvalue weighted by Gasteiger charge is -2.38. The van der Waals surface area contributed by atoms with Crippen molar-refractivity contribution in [2.75, 3.05) is 26.2 Å². The fraction of sp³-hybridized carbons (Fsp3) is 0.567. The number of nitrogens with zero attached hydrogens (tertiary/aromatic N) is 1. The van der Waals surface area contributed by atoms with Crippen LogP contribution >= 0.6 is 0 Å². The molecule has 3 amide bonds. The molecule has 2 unspecified atom stereocenters. The summed E-state index contributed by atoms with van der Waals surface area (Å²) in [6.07, 6.45) is 3.96. The molecule has 2 aromatic rings. The monoisotopic (exact) mass is 540 g/mol. The number of hydrogen-bond donors (Lipinski definition) is 4. The number of aliphatic hydroxyl groups excluding tert-OH is 1. The van der Waals surface area contributed by atoms with Gasteiger partial charge in [-0.15, -0.1) is 0 Å². The van der Waals surface area contributed by atoms with Gasteiger partial charge in [0.05, 0.1) is 18.1 Å². The minimum absolute atomic E-state index is 0.0128. The molecule has 2 atom stereocenters. The van der Waals surface area contributed by atoms with Gasteiger partial charge < -0.3 is 31.1 Å². The van der Waals surface area contributed by atoms with E-state index in [4.69, 9.17) is 10.5 Å². The van der Waals surface area contributed by atoms with Crippen LogP contribution in [0.5, 0.6) is 0 Å². The number of fused-ring (bicyclic) bond motifs is 1. The molecule has 2 aromatic carbocycles. The largest absolute Gasteiger partial charge is 0.450 e. The Morgan fingerprint density at radius 3 is 2.46 bits per heavy atom. The third-order valence-electron chi connectivity index (χ3n) is 7.36. The standard InChI is InChI=1S/C30H44N4O5/c1-4-39-29(38)34(24-12-6-5-7-13-24)20-30(2,3)28(37)33-26(27(36)32-19-25(35)18-31)17-21-14-15-22-10-8-9-11-23(22)16-21/h8-11,14-16,24-26,35H,4-7,12-13,17-20,31H2,1-3H3,(H,32,36)(H,33,37). The predicted molar refractivity (Wildman–Crippen MR) is 152 cm³/mol. The van der Waals surface area contributed by atoms with Gasteiger partial charge in [0, 0.05) is 32.1 Å². The Hall–Kier alpha value is -3.17. The van der Waals surface area contributed by atoms with Crippen molar-refractivity contribution in [1.82, 2.24) is 15.5 Å². The van der Waals surface area contributed by atoms with Gasteiger partial charge >= 0.3 is 6.09 Å². The van der Waals surface area contributed by atoms with Crippen LogP contribution in [0.25, 0.3) is 10.8 Å². The second-order valence-electron chi connectivity index (χ2n) is 11.0. The number of nitrogens with one attached hydrogen (secondary N) is 2. The van der Waals surface area contributed by atoms with E-state index in [0.717, 1.165) is 48.4 Å². The number of nitrogens with two attached hydrogens (primary N) is 1. The molecule has 3 rings (SSSR count). The number of amides is 3. The van der Waals surface area contributed by atoms with Gasteiger partial charge in [0.15, 0.2) is 0 Å². The molecule has 1 saturated carbocycles. The van der Waals surface area contributed by atoms with Gasteiger partial charge in [0.1, 0.15) is 6.04 Å². The average Bonchev–Trinajstić information content (AvgIpc) is 2.94. The van der Waals surface area contributed by atoms with Crippen LogP contribution in [-0.2, 0) is 20.7 Å². The number of benzene rings is 2. The molecule has 1 fully saturated rings. The van der Waals surface area contributed by atoms with E-state index in [-0.39, 0.29) is 44.6 Å². The minimum atomic E-state index is -0.983. The summed E-state index contributed by atoms with van der Waals surface area (Å²) in [4.78, 5) is 41.4. The van der Waals surface area contributed by atoms with Crippen LogP contribution in [-0.4, -0.2) is 72.3 Å². The van der Waals surface area contributed by atoms with Crippen LogP contribution < -0.4 is 16.4 Å². The lowest BCUT2D eigenvalue weighted by Crippen LogP contribution is -2.56. The molecule has 0 aromatic heterocycles. The molecule has 39 heavy (non-hydrogen) atoms. The first-order valence-electron chi connectivity index (χ1n) is 14.0. The molecular weight excluding hydrogens is 496 g/mol. The molecule has 0 saturated heterocycles. The summed E-state index contributed by atoms with van der Waals surface area (Å²) in [5.74, 6) is -0.748. The van der Waals surface area contributed by atoms with Gasteiger partial charge in [-0.25, -0.2) is 4.79 Å². The van der Waals surface area contributed by atoms with Crippen LogP contribution in [0.3, 0.4) is 0 Å². The van der Waals surface area contributed by atoms with Crippen molar-refractivity contribution in [1.29, 1.82) is 0 Å². The summed E-state index contributed by atoms with van der Waals surface area (Å²) < 4.78 is 5.34. The zero-order valence-electron chi connectivity index (χ0n) is 23.4. The second-order valence-corrected chi connectivity index (χ2v) is 11.0. The van der Waals surface area contributed by atoms with Crippen LogP contribution in [0.4, 0.5) is 4.79 Å². The molecule has 5 N–H and O–H groups in total. The molecule has 0 heterocycles. The van der Waals surface area contributed by atoms with Crippen molar-refractivity contribution >= 4 is 28.7 Å². The van der Waals surface area contributed by atoms with E-state index in [1.54, 1.807) is 25.7 Å². The second kappa shape index (κ2) is 14.3. The summed E-state index contributed by atoms with van der Waals surface area (Å²) in [6, 6.07) is 13.0. The molecule has 0 spiro atoms. The molecular formula is C30H44N4O5. The fourth-order valence-electron chi connectivity index (χ4n) is 5.03. The van der Waals surface area contributed by atoms with Crippen molar-refractivity contribution < 1.29 is 24.2 Å². The molecule has 0 radical (unpaired) electrons. The van der Waals surface area contributed by atoms with E-state index in [1.807, 2.05) is 42.5 Å². The Kier molecular flexibility index (Phi) is 11.1. The SMILES string of the molecule is CCOC(=O)N(CC(C)(C)C(=O)NC(Cc1ccc2ccccc2c1)C(=O)NCC(O)CN)C1CCCCC1. The highest BCUT2D eigenvalue weighted by Crippen LogP contribution is 2.28. The average molecular weight is 541 g/mol. The first kappa shape index (κ1) is 30.4. The Balaban J connectivity index is 1.79.